The Balaban J connectivity index is 2.13. The number of fused-ring (bicyclic) bond motifs is 1. The lowest BCUT2D eigenvalue weighted by molar-refractivity contribution is -0.290. The Hall–Kier alpha value is -1.04. The molecule has 5 heteroatoms. The van der Waals surface area contributed by atoms with Crippen molar-refractivity contribution in [3.05, 3.63) is 12.2 Å². The lowest BCUT2D eigenvalue weighted by Gasteiger charge is -2.71. The Morgan fingerprint density at radius 3 is 2.20 bits per heavy atom. The fourth-order valence-electron chi connectivity index (χ4n) is 7.44. The van der Waals surface area contributed by atoms with Crippen LogP contribution in [0.1, 0.15) is 47.0 Å². The largest absolute Gasteiger partial charge is 0.381 e. The smallest absolute Gasteiger partial charge is 0.201 e. The van der Waals surface area contributed by atoms with Gasteiger partial charge in [-0.05, 0) is 56.8 Å². The number of hydrogen-bond acceptors (Lipinski definition) is 5. The molecule has 1 unspecified atom stereocenters. The summed E-state index contributed by atoms with van der Waals surface area (Å²) in [5, 5.41) is 34.3. The molecule has 0 heterocycles. The van der Waals surface area contributed by atoms with E-state index >= 15 is 0 Å². The third-order valence-corrected chi connectivity index (χ3v) is 8.37. The molecule has 0 amide bonds. The van der Waals surface area contributed by atoms with Crippen molar-refractivity contribution < 1.29 is 24.9 Å². The van der Waals surface area contributed by atoms with Gasteiger partial charge >= 0.3 is 0 Å². The van der Waals surface area contributed by atoms with Gasteiger partial charge in [0.05, 0.1) is 5.41 Å². The summed E-state index contributed by atoms with van der Waals surface area (Å²) in [4.78, 5) is 27.1. The van der Waals surface area contributed by atoms with Crippen LogP contribution >= 0.6 is 0 Å². The van der Waals surface area contributed by atoms with Gasteiger partial charge < -0.3 is 15.3 Å². The SMILES string of the molecule is C=C(C)[C@H]1[C@@H]2C[C@H](C)[C@H]3CC[C@H](C)[C@@]4(O)C(=O)[C@]1(O)C(C)(O)C(=O)[C@@]324. The summed E-state index contributed by atoms with van der Waals surface area (Å²) in [6.07, 6.45) is 2.03. The molecule has 0 radical (unpaired) electrons. The summed E-state index contributed by atoms with van der Waals surface area (Å²) in [7, 11) is 0. The predicted molar refractivity (Wildman–Crippen MR) is 90.4 cm³/mol. The minimum atomic E-state index is -2.32. The van der Waals surface area contributed by atoms with Crippen molar-refractivity contribution in [2.24, 2.45) is 35.0 Å². The lowest BCUT2D eigenvalue weighted by atomic mass is 9.33. The fraction of sp³-hybridized carbons (Fsp3) is 0.800. The van der Waals surface area contributed by atoms with Crippen molar-refractivity contribution in [3.63, 3.8) is 0 Å². The molecule has 5 saturated carbocycles. The standard InChI is InChI=1S/C20H28O5/c1-9(2)14-13-8-10(3)12-7-6-11(4)19(24)16(22)20(14,25)17(5,23)15(21)18(12,13)19/h10-14,23-25H,1,6-8H2,2-5H3/t10-,11-,12+,13-,14-,17?,18+,19+,20-/m0/s1. The van der Waals surface area contributed by atoms with Crippen LogP contribution < -0.4 is 0 Å². The molecule has 9 atom stereocenters. The predicted octanol–water partition coefficient (Wildman–Crippen LogP) is 1.25. The van der Waals surface area contributed by atoms with Crippen LogP contribution in [0.4, 0.5) is 0 Å². The Morgan fingerprint density at radius 2 is 1.64 bits per heavy atom. The Kier molecular flexibility index (Phi) is 3.08. The van der Waals surface area contributed by atoms with Gasteiger partial charge in [0.2, 0.25) is 5.78 Å². The van der Waals surface area contributed by atoms with Crippen molar-refractivity contribution in [1.29, 1.82) is 0 Å². The van der Waals surface area contributed by atoms with E-state index < -0.39 is 45.6 Å². The van der Waals surface area contributed by atoms with Crippen molar-refractivity contribution >= 4 is 11.6 Å². The molecule has 1 spiro atoms. The molecule has 5 fully saturated rings. The highest BCUT2D eigenvalue weighted by molar-refractivity contribution is 6.15. The maximum absolute atomic E-state index is 13.6. The van der Waals surface area contributed by atoms with E-state index in [0.29, 0.717) is 18.4 Å². The number of carbonyl (C=O) groups excluding carboxylic acids is 2. The van der Waals surface area contributed by atoms with Crippen molar-refractivity contribution in [3.8, 4) is 0 Å². The Morgan fingerprint density at radius 1 is 1.04 bits per heavy atom. The van der Waals surface area contributed by atoms with Crippen LogP contribution in [0.5, 0.6) is 0 Å². The highest BCUT2D eigenvalue weighted by Crippen LogP contribution is 2.75. The minimum absolute atomic E-state index is 0.138. The maximum Gasteiger partial charge on any atom is 0.201 e. The molecule has 5 rings (SSSR count). The first-order chi connectivity index (χ1) is 11.4. The molecule has 25 heavy (non-hydrogen) atoms. The molecule has 3 N–H and O–H groups in total. The number of carbonyl (C=O) groups is 2. The van der Waals surface area contributed by atoms with E-state index in [0.717, 1.165) is 6.42 Å². The second kappa shape index (κ2) is 4.44. The molecule has 5 aliphatic rings. The van der Waals surface area contributed by atoms with Crippen LogP contribution in [0.15, 0.2) is 12.2 Å². The van der Waals surface area contributed by atoms with E-state index in [1.165, 1.54) is 6.92 Å². The number of aliphatic hydroxyl groups is 3. The van der Waals surface area contributed by atoms with E-state index in [9.17, 15) is 24.9 Å². The van der Waals surface area contributed by atoms with Crippen molar-refractivity contribution in [2.45, 2.75) is 63.8 Å². The van der Waals surface area contributed by atoms with Crippen LogP contribution in [-0.4, -0.2) is 43.7 Å². The van der Waals surface area contributed by atoms with Crippen LogP contribution in [0.25, 0.3) is 0 Å². The van der Waals surface area contributed by atoms with Gasteiger partial charge in [-0.1, -0.05) is 26.0 Å². The van der Waals surface area contributed by atoms with Gasteiger partial charge in [-0.2, -0.15) is 0 Å². The Labute approximate surface area is 148 Å². The quantitative estimate of drug-likeness (QED) is 0.620. The van der Waals surface area contributed by atoms with Crippen LogP contribution in [0, 0.1) is 35.0 Å². The van der Waals surface area contributed by atoms with Gasteiger partial charge in [-0.3, -0.25) is 9.59 Å². The van der Waals surface area contributed by atoms with Crippen molar-refractivity contribution in [1.82, 2.24) is 0 Å². The van der Waals surface area contributed by atoms with Crippen LogP contribution in [0.3, 0.4) is 0 Å². The van der Waals surface area contributed by atoms with Gasteiger partial charge in [-0.15, -0.1) is 0 Å². The summed E-state index contributed by atoms with van der Waals surface area (Å²) in [5.41, 5.74) is -7.18. The molecule has 5 aliphatic carbocycles. The summed E-state index contributed by atoms with van der Waals surface area (Å²) in [6.45, 7) is 10.8. The summed E-state index contributed by atoms with van der Waals surface area (Å²) in [5.74, 6) is -2.86. The van der Waals surface area contributed by atoms with Crippen molar-refractivity contribution in [2.75, 3.05) is 0 Å². The van der Waals surface area contributed by atoms with Gasteiger partial charge in [-0.25, -0.2) is 0 Å². The molecule has 5 nitrogen and oxygen atoms in total. The highest BCUT2D eigenvalue weighted by Gasteiger charge is 2.89. The number of rotatable bonds is 1. The van der Waals surface area contributed by atoms with Crippen LogP contribution in [0.2, 0.25) is 0 Å². The molecular formula is C20H28O5. The molecule has 2 bridgehead atoms. The van der Waals surface area contributed by atoms with E-state index in [4.69, 9.17) is 0 Å². The molecule has 0 aliphatic heterocycles. The third-order valence-electron chi connectivity index (χ3n) is 8.37. The average molecular weight is 348 g/mol. The number of hydrogen-bond donors (Lipinski definition) is 3. The second-order valence-corrected chi connectivity index (χ2v) is 9.36. The van der Waals surface area contributed by atoms with E-state index in [-0.39, 0.29) is 17.8 Å². The van der Waals surface area contributed by atoms with E-state index in [1.807, 2.05) is 6.92 Å². The maximum atomic E-state index is 13.6. The average Bonchev–Trinajstić information content (AvgIpc) is 2.81. The van der Waals surface area contributed by atoms with Gasteiger partial charge in [0, 0.05) is 5.92 Å². The molecule has 0 aromatic heterocycles. The number of Topliss-reactive ketones (excluding diaryl/α,β-unsaturated/α-hetero) is 2. The second-order valence-electron chi connectivity index (χ2n) is 9.36. The Bertz CT molecular complexity index is 711. The topological polar surface area (TPSA) is 94.8 Å². The zero-order valence-corrected chi connectivity index (χ0v) is 15.4. The summed E-state index contributed by atoms with van der Waals surface area (Å²) < 4.78 is 0. The number of ketones is 2. The normalized spacial score (nSPS) is 59.9. The molecular weight excluding hydrogens is 320 g/mol. The molecule has 0 aromatic rings. The monoisotopic (exact) mass is 348 g/mol. The molecule has 0 aromatic carbocycles. The van der Waals surface area contributed by atoms with Gasteiger partial charge in [0.15, 0.2) is 17.0 Å². The fourth-order valence-corrected chi connectivity index (χ4v) is 7.44. The van der Waals surface area contributed by atoms with E-state index in [1.54, 1.807) is 13.8 Å². The first kappa shape index (κ1) is 17.4. The lowest BCUT2D eigenvalue weighted by Crippen LogP contribution is -2.90. The zero-order chi connectivity index (χ0) is 18.7. The minimum Gasteiger partial charge on any atom is -0.381 e. The first-order valence-corrected chi connectivity index (χ1v) is 9.33. The van der Waals surface area contributed by atoms with E-state index in [2.05, 4.69) is 6.58 Å². The highest BCUT2D eigenvalue weighted by atomic mass is 16.4. The zero-order valence-electron chi connectivity index (χ0n) is 15.4. The van der Waals surface area contributed by atoms with Gasteiger partial charge in [0.25, 0.3) is 0 Å². The summed E-state index contributed by atoms with van der Waals surface area (Å²) >= 11 is 0. The first-order valence-electron chi connectivity index (χ1n) is 9.33. The van der Waals surface area contributed by atoms with Crippen LogP contribution in [-0.2, 0) is 9.59 Å². The molecule has 0 saturated heterocycles. The summed E-state index contributed by atoms with van der Waals surface area (Å²) in [6, 6.07) is 0. The third kappa shape index (κ3) is 1.37. The van der Waals surface area contributed by atoms with Gasteiger partial charge in [0.1, 0.15) is 5.60 Å². The molecule has 138 valence electrons.